The molecule has 0 saturated heterocycles. The topological polar surface area (TPSA) is 54.5 Å². The Morgan fingerprint density at radius 1 is 1.27 bits per heavy atom. The smallest absolute Gasteiger partial charge is 0.177 e. The molecule has 0 aliphatic carbocycles. The van der Waals surface area contributed by atoms with E-state index in [1.165, 1.54) is 11.3 Å². The Kier molecular flexibility index (Phi) is 4.14. The molecule has 2 aromatic heterocycles. The van der Waals surface area contributed by atoms with Crippen LogP contribution in [-0.4, -0.2) is 25.5 Å². The molecule has 0 spiro atoms. The van der Waals surface area contributed by atoms with Crippen LogP contribution in [-0.2, 0) is 0 Å². The predicted octanol–water partition coefficient (Wildman–Crippen LogP) is 3.20. The van der Waals surface area contributed by atoms with Gasteiger partial charge in [-0.1, -0.05) is 46.2 Å². The summed E-state index contributed by atoms with van der Waals surface area (Å²) in [6.45, 7) is 1.95. The highest BCUT2D eigenvalue weighted by atomic mass is 32.2. The number of aryl methyl sites for hydroxylation is 1. The minimum Gasteiger partial charge on any atom is -0.257 e. The molecule has 2 heterocycles. The number of aromatic amines is 1. The minimum atomic E-state index is 0.717. The van der Waals surface area contributed by atoms with Crippen LogP contribution in [0.4, 0.5) is 0 Å². The second-order valence-corrected chi connectivity index (χ2v) is 8.03. The van der Waals surface area contributed by atoms with E-state index in [0.717, 1.165) is 18.8 Å². The van der Waals surface area contributed by atoms with Gasteiger partial charge in [0.25, 0.3) is 0 Å². The largest absolute Gasteiger partial charge is 0.257 e. The zero-order valence-electron chi connectivity index (χ0n) is 7.59. The molecule has 9 heteroatoms. The normalized spacial score (nSPS) is 10.7. The summed E-state index contributed by atoms with van der Waals surface area (Å²) in [5.41, 5.74) is 0. The number of nitrogens with zero attached hydrogens (tertiary/aromatic N) is 3. The van der Waals surface area contributed by atoms with Gasteiger partial charge in [0.15, 0.2) is 12.6 Å². The number of nitrogens with one attached hydrogen (secondary N) is 1. The van der Waals surface area contributed by atoms with Crippen molar-refractivity contribution in [1.29, 1.82) is 0 Å². The average Bonchev–Trinajstić information content (AvgIpc) is 2.76. The van der Waals surface area contributed by atoms with E-state index >= 15 is 0 Å². The number of thioether (sulfide) groups is 2. The molecule has 2 rings (SSSR count). The maximum absolute atomic E-state index is 4.94. The molecule has 2 aromatic rings. The van der Waals surface area contributed by atoms with Gasteiger partial charge in [-0.3, -0.25) is 5.10 Å². The Hall–Kier alpha value is 0.0400. The van der Waals surface area contributed by atoms with E-state index < -0.39 is 0 Å². The van der Waals surface area contributed by atoms with Crippen molar-refractivity contribution in [2.24, 2.45) is 0 Å². The van der Waals surface area contributed by atoms with Crippen molar-refractivity contribution in [3.8, 4) is 0 Å². The van der Waals surface area contributed by atoms with Crippen molar-refractivity contribution < 1.29 is 0 Å². The summed E-state index contributed by atoms with van der Waals surface area (Å²) in [4.78, 5) is 0. The molecule has 4 nitrogen and oxygen atoms in total. The van der Waals surface area contributed by atoms with E-state index in [4.69, 9.17) is 12.2 Å². The van der Waals surface area contributed by atoms with Crippen molar-refractivity contribution in [3.63, 3.8) is 0 Å². The van der Waals surface area contributed by atoms with E-state index in [2.05, 4.69) is 20.4 Å². The molecule has 0 aliphatic heterocycles. The van der Waals surface area contributed by atoms with Crippen LogP contribution in [0.2, 0.25) is 0 Å². The van der Waals surface area contributed by atoms with Crippen LogP contribution >= 0.6 is 58.4 Å². The van der Waals surface area contributed by atoms with E-state index in [1.54, 1.807) is 34.9 Å². The molecule has 0 radical (unpaired) electrons. The first-order valence-electron chi connectivity index (χ1n) is 3.85. The molecule has 80 valence electrons. The molecular weight excluding hydrogens is 288 g/mol. The molecular formula is C6H6N4S5. The van der Waals surface area contributed by atoms with Gasteiger partial charge in [0.1, 0.15) is 5.01 Å². The van der Waals surface area contributed by atoms with Gasteiger partial charge in [-0.25, -0.2) is 0 Å². The second kappa shape index (κ2) is 5.39. The first-order chi connectivity index (χ1) is 7.24. The average molecular weight is 294 g/mol. The summed E-state index contributed by atoms with van der Waals surface area (Å²) in [6, 6.07) is 0. The molecule has 0 unspecified atom stereocenters. The molecule has 0 atom stereocenters. The Bertz CT molecular complexity index is 485. The first kappa shape index (κ1) is 11.5. The van der Waals surface area contributed by atoms with Crippen molar-refractivity contribution in [1.82, 2.24) is 20.4 Å². The SMILES string of the molecule is Cc1nnc(SCSc2n[nH]c(=S)s2)s1. The zero-order chi connectivity index (χ0) is 10.7. The quantitative estimate of drug-likeness (QED) is 0.531. The second-order valence-electron chi connectivity index (χ2n) is 2.37. The van der Waals surface area contributed by atoms with E-state index in [-0.39, 0.29) is 0 Å². The lowest BCUT2D eigenvalue weighted by Crippen LogP contribution is -1.74. The highest BCUT2D eigenvalue weighted by Gasteiger charge is 2.03. The van der Waals surface area contributed by atoms with Crippen LogP contribution in [0.1, 0.15) is 5.01 Å². The monoisotopic (exact) mass is 294 g/mol. The molecule has 0 saturated carbocycles. The molecule has 0 bridgehead atoms. The third-order valence-corrected chi connectivity index (χ3v) is 5.62. The lowest BCUT2D eigenvalue weighted by Gasteiger charge is -1.92. The van der Waals surface area contributed by atoms with Crippen LogP contribution in [0.15, 0.2) is 8.68 Å². The molecule has 0 aromatic carbocycles. The van der Waals surface area contributed by atoms with E-state index in [0.29, 0.717) is 3.95 Å². The van der Waals surface area contributed by atoms with Crippen LogP contribution < -0.4 is 0 Å². The third kappa shape index (κ3) is 3.52. The standard InChI is InChI=1S/C6H6N4S5/c1-3-7-9-5(14-3)12-2-13-6-10-8-4(11)15-6/h2H2,1H3,(H,8,11). The van der Waals surface area contributed by atoms with Gasteiger partial charge in [-0.05, 0) is 19.1 Å². The number of aromatic nitrogens is 4. The van der Waals surface area contributed by atoms with Crippen molar-refractivity contribution >= 4 is 58.4 Å². The number of rotatable bonds is 4. The van der Waals surface area contributed by atoms with Gasteiger partial charge in [0.2, 0.25) is 0 Å². The van der Waals surface area contributed by atoms with Crippen molar-refractivity contribution in [2.75, 3.05) is 5.08 Å². The van der Waals surface area contributed by atoms with Crippen LogP contribution in [0.3, 0.4) is 0 Å². The van der Waals surface area contributed by atoms with Gasteiger partial charge in [-0.15, -0.1) is 10.2 Å². The third-order valence-electron chi connectivity index (χ3n) is 1.29. The summed E-state index contributed by atoms with van der Waals surface area (Å²) >= 11 is 11.4. The Morgan fingerprint density at radius 2 is 2.07 bits per heavy atom. The van der Waals surface area contributed by atoms with Gasteiger partial charge < -0.3 is 0 Å². The highest BCUT2D eigenvalue weighted by molar-refractivity contribution is 8.17. The maximum Gasteiger partial charge on any atom is 0.177 e. The first-order valence-corrected chi connectivity index (χ1v) is 7.86. The Balaban J connectivity index is 1.82. The summed E-state index contributed by atoms with van der Waals surface area (Å²) in [5.74, 6) is 0. The fourth-order valence-corrected chi connectivity index (χ4v) is 5.14. The molecule has 0 fully saturated rings. The lowest BCUT2D eigenvalue weighted by molar-refractivity contribution is 0.985. The van der Waals surface area contributed by atoms with Gasteiger partial charge in [0.05, 0.1) is 5.08 Å². The van der Waals surface area contributed by atoms with Crippen LogP contribution in [0.5, 0.6) is 0 Å². The van der Waals surface area contributed by atoms with E-state index in [1.807, 2.05) is 6.92 Å². The Morgan fingerprint density at radius 3 is 2.67 bits per heavy atom. The summed E-state index contributed by atoms with van der Waals surface area (Å²) in [7, 11) is 0. The minimum absolute atomic E-state index is 0.717. The summed E-state index contributed by atoms with van der Waals surface area (Å²) in [6.07, 6.45) is 0. The zero-order valence-corrected chi connectivity index (χ0v) is 11.7. The summed E-state index contributed by atoms with van der Waals surface area (Å²) in [5, 5.41) is 16.7. The van der Waals surface area contributed by atoms with Gasteiger partial charge >= 0.3 is 0 Å². The molecule has 0 amide bonds. The lowest BCUT2D eigenvalue weighted by atomic mass is 10.9. The van der Waals surface area contributed by atoms with Crippen LogP contribution in [0.25, 0.3) is 0 Å². The molecule has 0 aliphatic rings. The number of H-pyrrole nitrogens is 1. The van der Waals surface area contributed by atoms with Crippen molar-refractivity contribution in [3.05, 3.63) is 8.96 Å². The number of hydrogen-bond donors (Lipinski definition) is 1. The fourth-order valence-electron chi connectivity index (χ4n) is 0.745. The Labute approximate surface area is 108 Å². The van der Waals surface area contributed by atoms with Crippen LogP contribution in [0, 0.1) is 10.9 Å². The van der Waals surface area contributed by atoms with Gasteiger partial charge in [-0.2, -0.15) is 5.10 Å². The van der Waals surface area contributed by atoms with E-state index in [9.17, 15) is 0 Å². The number of hydrogen-bond acceptors (Lipinski definition) is 8. The summed E-state index contributed by atoms with van der Waals surface area (Å²) < 4.78 is 2.68. The predicted molar refractivity (Wildman–Crippen MR) is 68.5 cm³/mol. The highest BCUT2D eigenvalue weighted by Crippen LogP contribution is 2.30. The maximum atomic E-state index is 4.94. The molecule has 15 heavy (non-hydrogen) atoms. The fraction of sp³-hybridized carbons (Fsp3) is 0.333. The van der Waals surface area contributed by atoms with Crippen molar-refractivity contribution in [2.45, 2.75) is 15.6 Å². The molecule has 1 N–H and O–H groups in total. The van der Waals surface area contributed by atoms with Gasteiger partial charge in [0, 0.05) is 0 Å².